The van der Waals surface area contributed by atoms with Gasteiger partial charge in [-0.25, -0.2) is 0 Å². The maximum atomic E-state index is 11.9. The molecule has 4 rings (SSSR count). The summed E-state index contributed by atoms with van der Waals surface area (Å²) in [6, 6.07) is 19.3. The van der Waals surface area contributed by atoms with E-state index < -0.39 is 18.6 Å². The highest BCUT2D eigenvalue weighted by Gasteiger charge is 2.48. The second-order valence-corrected chi connectivity index (χ2v) is 9.12. The predicted octanol–water partition coefficient (Wildman–Crippen LogP) is 3.29. The Morgan fingerprint density at radius 3 is 2.19 bits per heavy atom. The van der Waals surface area contributed by atoms with Crippen LogP contribution in [0.1, 0.15) is 37.7 Å². The van der Waals surface area contributed by atoms with Crippen LogP contribution in [0.5, 0.6) is 0 Å². The number of carboxylic acid groups (broad SMARTS) is 1. The van der Waals surface area contributed by atoms with Gasteiger partial charge in [0.05, 0.1) is 0 Å². The van der Waals surface area contributed by atoms with Crippen LogP contribution in [0.2, 0.25) is 6.32 Å². The zero-order valence-electron chi connectivity index (χ0n) is 18.2. The van der Waals surface area contributed by atoms with Crippen molar-refractivity contribution in [2.75, 3.05) is 0 Å². The molecule has 7 heteroatoms. The lowest BCUT2D eigenvalue weighted by Gasteiger charge is -2.45. The molecule has 6 N–H and O–H groups in total. The maximum Gasteiger partial charge on any atom is 0.451 e. The van der Waals surface area contributed by atoms with Crippen molar-refractivity contribution < 1.29 is 19.9 Å². The SMILES string of the molecule is NC(CCCCB(O)O)(C(=O)O)[C@H]1C[C@@H](NCc2c3ccccc3cc3ccccc23)C1. The van der Waals surface area contributed by atoms with Gasteiger partial charge < -0.3 is 26.2 Å². The van der Waals surface area contributed by atoms with Gasteiger partial charge in [0, 0.05) is 12.6 Å². The molecule has 1 unspecified atom stereocenters. The first kappa shape index (κ1) is 22.7. The third kappa shape index (κ3) is 4.66. The molecule has 1 atom stereocenters. The number of hydrogen-bond acceptors (Lipinski definition) is 5. The van der Waals surface area contributed by atoms with Crippen molar-refractivity contribution in [2.24, 2.45) is 11.7 Å². The minimum atomic E-state index is -1.35. The number of aliphatic carboxylic acids is 1. The molecule has 1 aliphatic carbocycles. The molecule has 1 aliphatic rings. The molecule has 3 aromatic rings. The van der Waals surface area contributed by atoms with Gasteiger partial charge in [-0.2, -0.15) is 0 Å². The van der Waals surface area contributed by atoms with Crippen molar-refractivity contribution in [3.8, 4) is 0 Å². The Morgan fingerprint density at radius 2 is 1.62 bits per heavy atom. The number of benzene rings is 3. The second-order valence-electron chi connectivity index (χ2n) is 9.12. The standard InChI is InChI=1S/C25H31BN2O4/c27-25(24(29)30,11-5-6-12-26(31)32)19-14-20(15-19)28-16-23-21-9-3-1-7-17(21)13-18-8-2-4-10-22(18)23/h1-4,7-10,13,19-20,28,31-32H,5-6,11-12,14-16,27H2,(H,29,30)/t19-,20+,25?. The van der Waals surface area contributed by atoms with Gasteiger partial charge in [0.25, 0.3) is 0 Å². The molecule has 0 aliphatic heterocycles. The van der Waals surface area contributed by atoms with Gasteiger partial charge in [-0.3, -0.25) is 4.79 Å². The van der Waals surface area contributed by atoms with Gasteiger partial charge in [-0.15, -0.1) is 0 Å². The minimum absolute atomic E-state index is 0.0826. The molecular weight excluding hydrogens is 403 g/mol. The topological polar surface area (TPSA) is 116 Å². The lowest BCUT2D eigenvalue weighted by molar-refractivity contribution is -0.148. The Bertz CT molecular complexity index is 1050. The molecule has 6 nitrogen and oxygen atoms in total. The molecular formula is C25H31BN2O4. The predicted molar refractivity (Wildman–Crippen MR) is 128 cm³/mol. The largest absolute Gasteiger partial charge is 0.480 e. The number of unbranched alkanes of at least 4 members (excludes halogenated alkanes) is 1. The quantitative estimate of drug-likeness (QED) is 0.190. The van der Waals surface area contributed by atoms with E-state index in [0.717, 1.165) is 19.4 Å². The lowest BCUT2D eigenvalue weighted by atomic mass is 9.66. The first-order valence-corrected chi connectivity index (χ1v) is 11.4. The van der Waals surface area contributed by atoms with Crippen LogP contribution in [0.4, 0.5) is 0 Å². The van der Waals surface area contributed by atoms with E-state index in [0.29, 0.717) is 19.3 Å². The van der Waals surface area contributed by atoms with E-state index in [-0.39, 0.29) is 18.3 Å². The van der Waals surface area contributed by atoms with Crippen LogP contribution < -0.4 is 11.1 Å². The van der Waals surface area contributed by atoms with E-state index >= 15 is 0 Å². The number of carbonyl (C=O) groups is 1. The average molecular weight is 434 g/mol. The van der Waals surface area contributed by atoms with Crippen molar-refractivity contribution in [1.82, 2.24) is 5.32 Å². The summed E-state index contributed by atoms with van der Waals surface area (Å²) in [7, 11) is -1.35. The van der Waals surface area contributed by atoms with Crippen LogP contribution in [0.25, 0.3) is 21.5 Å². The highest BCUT2D eigenvalue weighted by molar-refractivity contribution is 6.40. The highest BCUT2D eigenvalue weighted by atomic mass is 16.4. The molecule has 1 saturated carbocycles. The van der Waals surface area contributed by atoms with Crippen molar-refractivity contribution in [3.05, 3.63) is 60.2 Å². The molecule has 32 heavy (non-hydrogen) atoms. The number of fused-ring (bicyclic) bond motifs is 2. The number of hydrogen-bond donors (Lipinski definition) is 5. The molecule has 0 aromatic heterocycles. The first-order valence-electron chi connectivity index (χ1n) is 11.4. The smallest absolute Gasteiger partial charge is 0.451 e. The Labute approximate surface area is 188 Å². The highest BCUT2D eigenvalue weighted by Crippen LogP contribution is 2.39. The molecule has 0 spiro atoms. The second kappa shape index (κ2) is 9.59. The van der Waals surface area contributed by atoms with Crippen LogP contribution in [0.3, 0.4) is 0 Å². The van der Waals surface area contributed by atoms with Crippen molar-refractivity contribution in [3.63, 3.8) is 0 Å². The van der Waals surface area contributed by atoms with E-state index in [1.165, 1.54) is 27.1 Å². The van der Waals surface area contributed by atoms with Crippen molar-refractivity contribution >= 4 is 34.6 Å². The summed E-state index contributed by atoms with van der Waals surface area (Å²) in [6.45, 7) is 0.721. The molecule has 0 bridgehead atoms. The van der Waals surface area contributed by atoms with E-state index in [2.05, 4.69) is 59.9 Å². The molecule has 0 radical (unpaired) electrons. The summed E-state index contributed by atoms with van der Waals surface area (Å²) >= 11 is 0. The fourth-order valence-electron chi connectivity index (χ4n) is 4.98. The van der Waals surface area contributed by atoms with Crippen LogP contribution >= 0.6 is 0 Å². The number of carboxylic acids is 1. The lowest BCUT2D eigenvalue weighted by Crippen LogP contribution is -2.61. The third-order valence-electron chi connectivity index (χ3n) is 7.02. The Kier molecular flexibility index (Phi) is 6.81. The monoisotopic (exact) mass is 434 g/mol. The molecule has 168 valence electrons. The maximum absolute atomic E-state index is 11.9. The first-order chi connectivity index (χ1) is 15.4. The van der Waals surface area contributed by atoms with Crippen molar-refractivity contribution in [1.29, 1.82) is 0 Å². The summed E-state index contributed by atoms with van der Waals surface area (Å²) in [6.07, 6.45) is 3.16. The summed E-state index contributed by atoms with van der Waals surface area (Å²) < 4.78 is 0. The van der Waals surface area contributed by atoms with Crippen LogP contribution in [0.15, 0.2) is 54.6 Å². The Balaban J connectivity index is 1.41. The van der Waals surface area contributed by atoms with Gasteiger partial charge in [0.1, 0.15) is 5.54 Å². The third-order valence-corrected chi connectivity index (χ3v) is 7.02. The van der Waals surface area contributed by atoms with Crippen molar-refractivity contribution in [2.45, 2.75) is 56.5 Å². The van der Waals surface area contributed by atoms with Crippen LogP contribution in [0, 0.1) is 5.92 Å². The fraction of sp³-hybridized carbons (Fsp3) is 0.400. The Hall–Kier alpha value is -2.45. The molecule has 0 amide bonds. The molecule has 1 fully saturated rings. The van der Waals surface area contributed by atoms with Gasteiger partial charge >= 0.3 is 13.1 Å². The normalized spacial score (nSPS) is 20.1. The molecule has 3 aromatic carbocycles. The fourth-order valence-corrected chi connectivity index (χ4v) is 4.98. The van der Waals surface area contributed by atoms with Gasteiger partial charge in [-0.05, 0) is 64.7 Å². The number of rotatable bonds is 10. The summed E-state index contributed by atoms with van der Waals surface area (Å²) in [5.41, 5.74) is 6.34. The van der Waals surface area contributed by atoms with E-state index in [1.54, 1.807) is 0 Å². The van der Waals surface area contributed by atoms with E-state index in [9.17, 15) is 9.90 Å². The van der Waals surface area contributed by atoms with Crippen LogP contribution in [-0.4, -0.2) is 39.8 Å². The molecule has 0 saturated heterocycles. The zero-order chi connectivity index (χ0) is 22.7. The van der Waals surface area contributed by atoms with E-state index in [4.69, 9.17) is 15.8 Å². The Morgan fingerprint density at radius 1 is 1.03 bits per heavy atom. The number of nitrogens with one attached hydrogen (secondary N) is 1. The minimum Gasteiger partial charge on any atom is -0.480 e. The summed E-state index contributed by atoms with van der Waals surface area (Å²) in [5, 5.41) is 36.3. The van der Waals surface area contributed by atoms with Gasteiger partial charge in [-0.1, -0.05) is 61.4 Å². The van der Waals surface area contributed by atoms with Gasteiger partial charge in [0.2, 0.25) is 0 Å². The van der Waals surface area contributed by atoms with Gasteiger partial charge in [0.15, 0.2) is 0 Å². The van der Waals surface area contributed by atoms with E-state index in [1.807, 2.05) is 0 Å². The summed E-state index contributed by atoms with van der Waals surface area (Å²) in [4.78, 5) is 11.9. The zero-order valence-corrected chi connectivity index (χ0v) is 18.2. The number of nitrogens with two attached hydrogens (primary N) is 1. The average Bonchev–Trinajstić information content (AvgIpc) is 2.74. The molecule has 0 heterocycles. The van der Waals surface area contributed by atoms with Crippen LogP contribution in [-0.2, 0) is 11.3 Å². The summed E-state index contributed by atoms with van der Waals surface area (Å²) in [5.74, 6) is -1.05.